The monoisotopic (exact) mass is 342 g/mol. The Labute approximate surface area is 141 Å². The number of hydrogen-bond donors (Lipinski definition) is 3. The largest absolute Gasteiger partial charge is 0.479 e. The normalized spacial score (nSPS) is 18.5. The number of nitrogens with one attached hydrogen (secondary N) is 3. The molecule has 23 heavy (non-hydrogen) atoms. The van der Waals surface area contributed by atoms with Gasteiger partial charge in [0, 0.05) is 26.2 Å². The Morgan fingerprint density at radius 3 is 2.91 bits per heavy atom. The number of piperazine rings is 1. The van der Waals surface area contributed by atoms with Crippen LogP contribution in [0.25, 0.3) is 0 Å². The Hall–Kier alpha value is -1.64. The van der Waals surface area contributed by atoms with Crippen molar-refractivity contribution in [2.45, 2.75) is 20.0 Å². The van der Waals surface area contributed by atoms with Gasteiger partial charge in [-0.3, -0.25) is 15.0 Å². The minimum Gasteiger partial charge on any atom is -0.479 e. The first-order valence-electron chi connectivity index (χ1n) is 7.71. The molecule has 1 aromatic heterocycles. The molecule has 1 aliphatic heterocycles. The highest BCUT2D eigenvalue weighted by Crippen LogP contribution is 2.23. The zero-order chi connectivity index (χ0) is 16.8. The first-order valence-corrected chi connectivity index (χ1v) is 8.08. The molecule has 1 amide bonds. The van der Waals surface area contributed by atoms with E-state index in [2.05, 4.69) is 37.7 Å². The summed E-state index contributed by atoms with van der Waals surface area (Å²) in [6.07, 6.45) is -0.144. The summed E-state index contributed by atoms with van der Waals surface area (Å²) in [5.74, 6) is 0.177. The zero-order valence-corrected chi connectivity index (χ0v) is 14.4. The quantitative estimate of drug-likeness (QED) is 0.695. The Bertz CT molecular complexity index is 556. The summed E-state index contributed by atoms with van der Waals surface area (Å²) >= 11 is 6.07. The van der Waals surface area contributed by atoms with E-state index in [4.69, 9.17) is 16.3 Å². The molecular formula is C14H23ClN6O2. The lowest BCUT2D eigenvalue weighted by Gasteiger charge is -2.33. The maximum Gasteiger partial charge on any atom is 0.276 e. The Morgan fingerprint density at radius 1 is 1.48 bits per heavy atom. The topological polar surface area (TPSA) is 91.4 Å². The minimum atomic E-state index is -0.366. The van der Waals surface area contributed by atoms with Crippen LogP contribution in [0.15, 0.2) is 0 Å². The predicted octanol–water partition coefficient (Wildman–Crippen LogP) is 0.551. The summed E-state index contributed by atoms with van der Waals surface area (Å²) in [6, 6.07) is 0. The number of ether oxygens (including phenoxy) is 1. The summed E-state index contributed by atoms with van der Waals surface area (Å²) in [4.78, 5) is 23.1. The second kappa shape index (κ2) is 8.28. The Morgan fingerprint density at radius 2 is 2.26 bits per heavy atom. The standard InChI is InChI=1S/C14H23ClN6O2/c1-4-16-12-11(15)19-10(14(20-12)23-3)13(22)18-9-8-21(5-2)7-6-17-9/h9,17H,4-8H2,1-3H3,(H,16,20)(H,18,22). The van der Waals surface area contributed by atoms with Crippen LogP contribution in [0.1, 0.15) is 24.3 Å². The van der Waals surface area contributed by atoms with Gasteiger partial charge < -0.3 is 15.4 Å². The lowest BCUT2D eigenvalue weighted by atomic mass is 10.3. The molecule has 0 aliphatic carbocycles. The van der Waals surface area contributed by atoms with Crippen molar-refractivity contribution in [3.63, 3.8) is 0 Å². The molecule has 1 fully saturated rings. The second-order valence-corrected chi connectivity index (χ2v) is 5.48. The van der Waals surface area contributed by atoms with Crippen LogP contribution >= 0.6 is 11.6 Å². The van der Waals surface area contributed by atoms with Crippen molar-refractivity contribution in [3.8, 4) is 5.88 Å². The van der Waals surface area contributed by atoms with Gasteiger partial charge in [0.25, 0.3) is 5.91 Å². The van der Waals surface area contributed by atoms with Gasteiger partial charge in [-0.25, -0.2) is 4.98 Å². The van der Waals surface area contributed by atoms with Crippen LogP contribution in [0.3, 0.4) is 0 Å². The predicted molar refractivity (Wildman–Crippen MR) is 89.1 cm³/mol. The Balaban J connectivity index is 2.13. The second-order valence-electron chi connectivity index (χ2n) is 5.12. The SMILES string of the molecule is CCNc1nc(OC)c(C(=O)NC2CN(CC)CCN2)nc1Cl. The van der Waals surface area contributed by atoms with E-state index in [0.717, 1.165) is 26.2 Å². The van der Waals surface area contributed by atoms with Crippen LogP contribution < -0.4 is 20.7 Å². The van der Waals surface area contributed by atoms with Gasteiger partial charge in [-0.1, -0.05) is 18.5 Å². The van der Waals surface area contributed by atoms with E-state index >= 15 is 0 Å². The van der Waals surface area contributed by atoms with E-state index < -0.39 is 0 Å². The number of rotatable bonds is 6. The van der Waals surface area contributed by atoms with Crippen LogP contribution in [-0.2, 0) is 0 Å². The van der Waals surface area contributed by atoms with E-state index in [1.807, 2.05) is 6.92 Å². The summed E-state index contributed by atoms with van der Waals surface area (Å²) < 4.78 is 5.18. The number of amides is 1. The van der Waals surface area contributed by atoms with Gasteiger partial charge in [0.05, 0.1) is 13.3 Å². The smallest absolute Gasteiger partial charge is 0.276 e. The van der Waals surface area contributed by atoms with Crippen molar-refractivity contribution in [1.82, 2.24) is 25.5 Å². The third kappa shape index (κ3) is 4.43. The highest BCUT2D eigenvalue weighted by molar-refractivity contribution is 6.31. The maximum absolute atomic E-state index is 12.5. The van der Waals surface area contributed by atoms with Crippen molar-refractivity contribution in [1.29, 1.82) is 0 Å². The molecular weight excluding hydrogens is 320 g/mol. The number of nitrogens with zero attached hydrogens (tertiary/aromatic N) is 3. The van der Waals surface area contributed by atoms with E-state index in [1.54, 1.807) is 0 Å². The molecule has 1 aliphatic rings. The minimum absolute atomic E-state index is 0.0783. The van der Waals surface area contributed by atoms with Gasteiger partial charge in [0.2, 0.25) is 5.88 Å². The number of carbonyl (C=O) groups excluding carboxylic acids is 1. The van der Waals surface area contributed by atoms with Crippen molar-refractivity contribution < 1.29 is 9.53 Å². The number of carbonyl (C=O) groups is 1. The molecule has 2 heterocycles. The fourth-order valence-corrected chi connectivity index (χ4v) is 2.58. The maximum atomic E-state index is 12.5. The number of methoxy groups -OCH3 is 1. The van der Waals surface area contributed by atoms with Crippen LogP contribution in [0, 0.1) is 0 Å². The van der Waals surface area contributed by atoms with Crippen LogP contribution in [-0.4, -0.2) is 66.8 Å². The molecule has 1 atom stereocenters. The van der Waals surface area contributed by atoms with Crippen LogP contribution in [0.2, 0.25) is 5.15 Å². The molecule has 8 nitrogen and oxygen atoms in total. The molecule has 0 spiro atoms. The van der Waals surface area contributed by atoms with Crippen molar-refractivity contribution in [2.24, 2.45) is 0 Å². The average Bonchev–Trinajstić information content (AvgIpc) is 2.56. The molecule has 2 rings (SSSR count). The van der Waals surface area contributed by atoms with Gasteiger partial charge in [-0.2, -0.15) is 4.98 Å². The number of likely N-dealkylation sites (N-methyl/N-ethyl adjacent to an activating group) is 1. The van der Waals surface area contributed by atoms with E-state index in [1.165, 1.54) is 7.11 Å². The molecule has 1 aromatic rings. The third-order valence-electron chi connectivity index (χ3n) is 3.59. The summed E-state index contributed by atoms with van der Waals surface area (Å²) in [7, 11) is 1.45. The van der Waals surface area contributed by atoms with Gasteiger partial charge >= 0.3 is 0 Å². The average molecular weight is 343 g/mol. The van der Waals surface area contributed by atoms with Gasteiger partial charge in [0.1, 0.15) is 0 Å². The summed E-state index contributed by atoms with van der Waals surface area (Å²) in [6.45, 7) is 8.12. The summed E-state index contributed by atoms with van der Waals surface area (Å²) in [5, 5.41) is 9.28. The van der Waals surface area contributed by atoms with Crippen molar-refractivity contribution in [3.05, 3.63) is 10.8 Å². The molecule has 0 bridgehead atoms. The van der Waals surface area contributed by atoms with E-state index in [-0.39, 0.29) is 28.8 Å². The third-order valence-corrected chi connectivity index (χ3v) is 3.85. The Kier molecular flexibility index (Phi) is 6.37. The number of hydrogen-bond acceptors (Lipinski definition) is 7. The summed E-state index contributed by atoms with van der Waals surface area (Å²) in [5.41, 5.74) is 0.0783. The van der Waals surface area contributed by atoms with E-state index in [9.17, 15) is 4.79 Å². The molecule has 1 unspecified atom stereocenters. The number of aromatic nitrogens is 2. The molecule has 0 saturated carbocycles. The molecule has 9 heteroatoms. The molecule has 128 valence electrons. The fourth-order valence-electron chi connectivity index (χ4n) is 2.39. The lowest BCUT2D eigenvalue weighted by molar-refractivity contribution is 0.0886. The molecule has 3 N–H and O–H groups in total. The molecule has 0 radical (unpaired) electrons. The zero-order valence-electron chi connectivity index (χ0n) is 13.6. The van der Waals surface area contributed by atoms with Gasteiger partial charge in [-0.05, 0) is 13.5 Å². The number of anilines is 1. The number of halogens is 1. The van der Waals surface area contributed by atoms with Crippen LogP contribution in [0.4, 0.5) is 5.82 Å². The molecule has 1 saturated heterocycles. The van der Waals surface area contributed by atoms with Crippen molar-refractivity contribution in [2.75, 3.05) is 45.2 Å². The lowest BCUT2D eigenvalue weighted by Crippen LogP contribution is -2.58. The first kappa shape index (κ1) is 17.7. The highest BCUT2D eigenvalue weighted by atomic mass is 35.5. The molecule has 0 aromatic carbocycles. The van der Waals surface area contributed by atoms with Gasteiger partial charge in [-0.15, -0.1) is 0 Å². The van der Waals surface area contributed by atoms with Crippen LogP contribution in [0.5, 0.6) is 5.88 Å². The van der Waals surface area contributed by atoms with Gasteiger partial charge in [0.15, 0.2) is 16.7 Å². The fraction of sp³-hybridized carbons (Fsp3) is 0.643. The van der Waals surface area contributed by atoms with Crippen molar-refractivity contribution >= 4 is 23.3 Å². The highest BCUT2D eigenvalue weighted by Gasteiger charge is 2.24. The first-order chi connectivity index (χ1) is 11.1. The van der Waals surface area contributed by atoms with E-state index in [0.29, 0.717) is 12.4 Å².